The molecule has 0 atom stereocenters. The highest BCUT2D eigenvalue weighted by atomic mass is 79.9. The van der Waals surface area contributed by atoms with E-state index in [-0.39, 0.29) is 5.78 Å². The van der Waals surface area contributed by atoms with Crippen molar-refractivity contribution < 1.29 is 9.53 Å². The van der Waals surface area contributed by atoms with E-state index < -0.39 is 0 Å². The Hall–Kier alpha value is -1.61. The Kier molecular flexibility index (Phi) is 4.38. The molecule has 2 nitrogen and oxygen atoms in total. The lowest BCUT2D eigenvalue weighted by atomic mass is 10.0. The van der Waals surface area contributed by atoms with Crippen molar-refractivity contribution in [1.29, 1.82) is 0 Å². The minimum atomic E-state index is 0.0939. The van der Waals surface area contributed by atoms with Crippen molar-refractivity contribution in [2.24, 2.45) is 0 Å². The molecule has 19 heavy (non-hydrogen) atoms. The summed E-state index contributed by atoms with van der Waals surface area (Å²) in [5.41, 5.74) is 2.71. The van der Waals surface area contributed by atoms with Crippen LogP contribution in [0.5, 0.6) is 5.75 Å². The number of carbonyl (C=O) groups excluding carboxylic acids is 1. The average molecular weight is 319 g/mol. The second-order valence-electron chi connectivity index (χ2n) is 4.41. The SMILES string of the molecule is COc1cc(C(=O)Cc2cccc(Br)c2)ccc1C. The highest BCUT2D eigenvalue weighted by Gasteiger charge is 2.09. The molecule has 3 heteroatoms. The molecule has 0 aliphatic heterocycles. The Balaban J connectivity index is 2.20. The molecule has 0 aliphatic carbocycles. The molecule has 0 bridgehead atoms. The van der Waals surface area contributed by atoms with E-state index in [4.69, 9.17) is 4.74 Å². The van der Waals surface area contributed by atoms with Crippen LogP contribution in [-0.2, 0) is 6.42 Å². The molecule has 2 rings (SSSR count). The summed E-state index contributed by atoms with van der Waals surface area (Å²) in [6, 6.07) is 13.4. The zero-order valence-electron chi connectivity index (χ0n) is 10.9. The van der Waals surface area contributed by atoms with Gasteiger partial charge in [-0.15, -0.1) is 0 Å². The van der Waals surface area contributed by atoms with Gasteiger partial charge in [0.1, 0.15) is 5.75 Å². The molecule has 0 spiro atoms. The van der Waals surface area contributed by atoms with Gasteiger partial charge in [0.05, 0.1) is 7.11 Å². The Labute approximate surface area is 121 Å². The summed E-state index contributed by atoms with van der Waals surface area (Å²) in [6.45, 7) is 1.96. The van der Waals surface area contributed by atoms with Crippen molar-refractivity contribution in [3.05, 3.63) is 63.6 Å². The van der Waals surface area contributed by atoms with E-state index in [1.54, 1.807) is 13.2 Å². The Bertz CT molecular complexity index is 605. The second kappa shape index (κ2) is 6.02. The fourth-order valence-corrected chi connectivity index (χ4v) is 2.37. The molecule has 0 amide bonds. The van der Waals surface area contributed by atoms with E-state index in [1.807, 2.05) is 43.3 Å². The fraction of sp³-hybridized carbons (Fsp3) is 0.188. The molecular formula is C16H15BrO2. The predicted molar refractivity (Wildman–Crippen MR) is 79.9 cm³/mol. The number of carbonyl (C=O) groups is 1. The van der Waals surface area contributed by atoms with Crippen LogP contribution in [-0.4, -0.2) is 12.9 Å². The summed E-state index contributed by atoms with van der Waals surface area (Å²) in [6.07, 6.45) is 0.394. The average Bonchev–Trinajstić information content (AvgIpc) is 2.39. The molecular weight excluding hydrogens is 304 g/mol. The van der Waals surface area contributed by atoms with Crippen molar-refractivity contribution in [1.82, 2.24) is 0 Å². The first-order valence-electron chi connectivity index (χ1n) is 6.02. The van der Waals surface area contributed by atoms with Gasteiger partial charge in [0.2, 0.25) is 0 Å². The maximum absolute atomic E-state index is 12.2. The van der Waals surface area contributed by atoms with Crippen LogP contribution in [0.2, 0.25) is 0 Å². The zero-order valence-corrected chi connectivity index (χ0v) is 12.5. The number of halogens is 1. The van der Waals surface area contributed by atoms with Gasteiger partial charge in [-0.2, -0.15) is 0 Å². The Morgan fingerprint density at radius 3 is 2.68 bits per heavy atom. The largest absolute Gasteiger partial charge is 0.496 e. The number of benzene rings is 2. The van der Waals surface area contributed by atoms with E-state index in [9.17, 15) is 4.79 Å². The van der Waals surface area contributed by atoms with Crippen molar-refractivity contribution in [3.8, 4) is 5.75 Å². The molecule has 0 saturated heterocycles. The number of ether oxygens (including phenoxy) is 1. The van der Waals surface area contributed by atoms with Crippen LogP contribution in [0.25, 0.3) is 0 Å². The standard InChI is InChI=1S/C16H15BrO2/c1-11-6-7-13(10-16(11)19-2)15(18)9-12-4-3-5-14(17)8-12/h3-8,10H,9H2,1-2H3. The predicted octanol–water partition coefficient (Wildman–Crippen LogP) is 4.19. The summed E-state index contributed by atoms with van der Waals surface area (Å²) in [7, 11) is 1.62. The lowest BCUT2D eigenvalue weighted by Crippen LogP contribution is -2.04. The number of hydrogen-bond donors (Lipinski definition) is 0. The van der Waals surface area contributed by atoms with Gasteiger partial charge in [-0.05, 0) is 36.2 Å². The molecule has 0 aliphatic rings. The second-order valence-corrected chi connectivity index (χ2v) is 5.33. The van der Waals surface area contributed by atoms with Gasteiger partial charge in [-0.1, -0.05) is 40.2 Å². The van der Waals surface area contributed by atoms with E-state index in [0.29, 0.717) is 12.0 Å². The molecule has 98 valence electrons. The first kappa shape index (κ1) is 13.8. The lowest BCUT2D eigenvalue weighted by Gasteiger charge is -2.07. The van der Waals surface area contributed by atoms with Crippen LogP contribution >= 0.6 is 15.9 Å². The summed E-state index contributed by atoms with van der Waals surface area (Å²) in [5.74, 6) is 0.844. The van der Waals surface area contributed by atoms with Crippen LogP contribution < -0.4 is 4.74 Å². The van der Waals surface area contributed by atoms with Crippen molar-refractivity contribution in [2.45, 2.75) is 13.3 Å². The maximum atomic E-state index is 12.2. The Morgan fingerprint density at radius 1 is 1.21 bits per heavy atom. The van der Waals surface area contributed by atoms with Crippen LogP contribution in [0.15, 0.2) is 46.9 Å². The van der Waals surface area contributed by atoms with Crippen LogP contribution in [0.4, 0.5) is 0 Å². The van der Waals surface area contributed by atoms with E-state index in [2.05, 4.69) is 15.9 Å². The van der Waals surface area contributed by atoms with Crippen LogP contribution in [0, 0.1) is 6.92 Å². The van der Waals surface area contributed by atoms with E-state index in [0.717, 1.165) is 21.3 Å². The van der Waals surface area contributed by atoms with Gasteiger partial charge >= 0.3 is 0 Å². The molecule has 0 radical (unpaired) electrons. The van der Waals surface area contributed by atoms with Crippen molar-refractivity contribution in [2.75, 3.05) is 7.11 Å². The van der Waals surface area contributed by atoms with Gasteiger partial charge in [0.25, 0.3) is 0 Å². The first-order chi connectivity index (χ1) is 9.10. The minimum absolute atomic E-state index is 0.0939. The number of Topliss-reactive ketones (excluding diaryl/α,β-unsaturated/α-hetero) is 1. The van der Waals surface area contributed by atoms with Gasteiger partial charge in [0.15, 0.2) is 5.78 Å². The van der Waals surface area contributed by atoms with Gasteiger partial charge in [-0.25, -0.2) is 0 Å². The molecule has 0 heterocycles. The molecule has 0 aromatic heterocycles. The monoisotopic (exact) mass is 318 g/mol. The van der Waals surface area contributed by atoms with Crippen molar-refractivity contribution >= 4 is 21.7 Å². The van der Waals surface area contributed by atoms with Crippen molar-refractivity contribution in [3.63, 3.8) is 0 Å². The number of aryl methyl sites for hydroxylation is 1. The molecule has 0 unspecified atom stereocenters. The van der Waals surface area contributed by atoms with Gasteiger partial charge < -0.3 is 4.74 Å². The molecule has 2 aromatic rings. The maximum Gasteiger partial charge on any atom is 0.167 e. The number of hydrogen-bond acceptors (Lipinski definition) is 2. The number of ketones is 1. The fourth-order valence-electron chi connectivity index (χ4n) is 1.93. The molecule has 0 fully saturated rings. The zero-order chi connectivity index (χ0) is 13.8. The smallest absolute Gasteiger partial charge is 0.167 e. The van der Waals surface area contributed by atoms with Gasteiger partial charge in [-0.3, -0.25) is 4.79 Å². The van der Waals surface area contributed by atoms with E-state index in [1.165, 1.54) is 0 Å². The summed E-state index contributed by atoms with van der Waals surface area (Å²) >= 11 is 3.41. The molecule has 0 saturated carbocycles. The Morgan fingerprint density at radius 2 is 2.00 bits per heavy atom. The summed E-state index contributed by atoms with van der Waals surface area (Å²) in [5, 5.41) is 0. The first-order valence-corrected chi connectivity index (χ1v) is 6.81. The topological polar surface area (TPSA) is 26.3 Å². The quantitative estimate of drug-likeness (QED) is 0.790. The van der Waals surface area contributed by atoms with E-state index >= 15 is 0 Å². The van der Waals surface area contributed by atoms with Gasteiger partial charge in [0, 0.05) is 16.5 Å². The molecule has 0 N–H and O–H groups in total. The number of methoxy groups -OCH3 is 1. The van der Waals surface area contributed by atoms with Crippen LogP contribution in [0.1, 0.15) is 21.5 Å². The highest BCUT2D eigenvalue weighted by Crippen LogP contribution is 2.20. The number of rotatable bonds is 4. The normalized spacial score (nSPS) is 10.3. The summed E-state index contributed by atoms with van der Waals surface area (Å²) < 4.78 is 6.23. The lowest BCUT2D eigenvalue weighted by molar-refractivity contribution is 0.0992. The third-order valence-electron chi connectivity index (χ3n) is 2.98. The highest BCUT2D eigenvalue weighted by molar-refractivity contribution is 9.10. The molecule has 2 aromatic carbocycles. The third kappa shape index (κ3) is 3.44. The summed E-state index contributed by atoms with van der Waals surface area (Å²) in [4.78, 5) is 12.2. The van der Waals surface area contributed by atoms with Crippen LogP contribution in [0.3, 0.4) is 0 Å². The third-order valence-corrected chi connectivity index (χ3v) is 3.48. The minimum Gasteiger partial charge on any atom is -0.496 e.